The molecule has 2 aromatic rings. The van der Waals surface area contributed by atoms with Gasteiger partial charge in [-0.1, -0.05) is 42.4 Å². The van der Waals surface area contributed by atoms with Crippen molar-refractivity contribution in [2.24, 2.45) is 5.16 Å². The predicted molar refractivity (Wildman–Crippen MR) is 88.7 cm³/mol. The van der Waals surface area contributed by atoms with Crippen LogP contribution in [0, 0.1) is 0 Å². The van der Waals surface area contributed by atoms with E-state index < -0.39 is 0 Å². The smallest absolute Gasteiger partial charge is 0.119 e. The van der Waals surface area contributed by atoms with E-state index in [0.717, 1.165) is 30.9 Å². The molecule has 0 saturated carbocycles. The molecule has 0 aliphatic rings. The number of benzene rings is 2. The number of likely N-dealkylation sites (N-methyl/N-ethyl adjacent to an activating group) is 1. The summed E-state index contributed by atoms with van der Waals surface area (Å²) in [5, 5.41) is 11.5. The molecule has 2 rings (SSSR count). The minimum Gasteiger partial charge on any atom is -0.492 e. The summed E-state index contributed by atoms with van der Waals surface area (Å²) in [6.45, 7) is 5.61. The van der Waals surface area contributed by atoms with Gasteiger partial charge in [0.05, 0.1) is 6.21 Å². The molecule has 0 aromatic heterocycles. The van der Waals surface area contributed by atoms with Crippen molar-refractivity contribution >= 4 is 6.21 Å². The normalized spacial score (nSPS) is 11.2. The first-order valence-corrected chi connectivity index (χ1v) is 7.48. The standard InChI is InChI=1S/C18H22N2O2/c1-2-20(15-17-6-4-3-5-7-17)12-13-22-18-10-8-16(9-11-18)14-19-21/h3-11,14,21H,2,12-13,15H2,1H3/b19-14+. The molecular weight excluding hydrogens is 276 g/mol. The Hall–Kier alpha value is -2.33. The Morgan fingerprint density at radius 2 is 1.82 bits per heavy atom. The lowest BCUT2D eigenvalue weighted by atomic mass is 10.2. The fraction of sp³-hybridized carbons (Fsp3) is 0.278. The lowest BCUT2D eigenvalue weighted by molar-refractivity contribution is 0.210. The molecule has 0 aliphatic carbocycles. The third-order valence-corrected chi connectivity index (χ3v) is 3.46. The maximum Gasteiger partial charge on any atom is 0.119 e. The number of rotatable bonds is 8. The van der Waals surface area contributed by atoms with E-state index in [1.807, 2.05) is 30.3 Å². The van der Waals surface area contributed by atoms with Crippen molar-refractivity contribution in [3.8, 4) is 5.75 Å². The van der Waals surface area contributed by atoms with E-state index in [0.29, 0.717) is 6.61 Å². The van der Waals surface area contributed by atoms with Gasteiger partial charge in [0.25, 0.3) is 0 Å². The van der Waals surface area contributed by atoms with Gasteiger partial charge in [0.2, 0.25) is 0 Å². The van der Waals surface area contributed by atoms with Crippen molar-refractivity contribution in [2.75, 3.05) is 19.7 Å². The second kappa shape index (κ2) is 8.85. The van der Waals surface area contributed by atoms with Crippen LogP contribution in [0.1, 0.15) is 18.1 Å². The van der Waals surface area contributed by atoms with E-state index in [-0.39, 0.29) is 0 Å². The van der Waals surface area contributed by atoms with Crippen molar-refractivity contribution in [1.29, 1.82) is 0 Å². The van der Waals surface area contributed by atoms with Crippen LogP contribution in [-0.2, 0) is 6.54 Å². The van der Waals surface area contributed by atoms with E-state index in [2.05, 4.69) is 41.2 Å². The SMILES string of the molecule is CCN(CCOc1ccc(/C=N/O)cc1)Cc1ccccc1. The van der Waals surface area contributed by atoms with Gasteiger partial charge < -0.3 is 9.94 Å². The average molecular weight is 298 g/mol. The van der Waals surface area contributed by atoms with Crippen LogP contribution in [0.2, 0.25) is 0 Å². The molecule has 0 atom stereocenters. The van der Waals surface area contributed by atoms with Crippen LogP contribution in [-0.4, -0.2) is 36.0 Å². The largest absolute Gasteiger partial charge is 0.492 e. The molecule has 0 bridgehead atoms. The quantitative estimate of drug-likeness (QED) is 0.461. The molecule has 0 unspecified atom stereocenters. The zero-order valence-electron chi connectivity index (χ0n) is 12.9. The maximum absolute atomic E-state index is 8.47. The van der Waals surface area contributed by atoms with Crippen LogP contribution < -0.4 is 4.74 Å². The summed E-state index contributed by atoms with van der Waals surface area (Å²) in [5.74, 6) is 0.825. The number of oxime groups is 1. The highest BCUT2D eigenvalue weighted by atomic mass is 16.5. The van der Waals surface area contributed by atoms with Crippen molar-refractivity contribution in [1.82, 2.24) is 4.90 Å². The van der Waals surface area contributed by atoms with Crippen molar-refractivity contribution in [2.45, 2.75) is 13.5 Å². The highest BCUT2D eigenvalue weighted by Gasteiger charge is 2.04. The molecule has 2 aromatic carbocycles. The maximum atomic E-state index is 8.47. The van der Waals surface area contributed by atoms with Crippen molar-refractivity contribution in [3.63, 3.8) is 0 Å². The monoisotopic (exact) mass is 298 g/mol. The van der Waals surface area contributed by atoms with E-state index in [4.69, 9.17) is 9.94 Å². The Balaban J connectivity index is 1.78. The van der Waals surface area contributed by atoms with Crippen LogP contribution in [0.15, 0.2) is 59.8 Å². The van der Waals surface area contributed by atoms with Gasteiger partial charge in [-0.15, -0.1) is 0 Å². The van der Waals surface area contributed by atoms with Gasteiger partial charge in [0.15, 0.2) is 0 Å². The van der Waals surface area contributed by atoms with E-state index in [1.165, 1.54) is 11.8 Å². The molecule has 1 N–H and O–H groups in total. The fourth-order valence-electron chi connectivity index (χ4n) is 2.20. The number of nitrogens with zero attached hydrogens (tertiary/aromatic N) is 2. The Morgan fingerprint density at radius 1 is 1.09 bits per heavy atom. The molecule has 0 radical (unpaired) electrons. The fourth-order valence-corrected chi connectivity index (χ4v) is 2.20. The van der Waals surface area contributed by atoms with Gasteiger partial charge in [-0.05, 0) is 41.9 Å². The van der Waals surface area contributed by atoms with Gasteiger partial charge >= 0.3 is 0 Å². The summed E-state index contributed by atoms with van der Waals surface area (Å²) in [5.41, 5.74) is 2.16. The summed E-state index contributed by atoms with van der Waals surface area (Å²) in [4.78, 5) is 2.35. The van der Waals surface area contributed by atoms with Crippen LogP contribution in [0.5, 0.6) is 5.75 Å². The first kappa shape index (κ1) is 16.0. The highest BCUT2D eigenvalue weighted by Crippen LogP contribution is 2.11. The number of hydrogen-bond donors (Lipinski definition) is 1. The van der Waals surface area contributed by atoms with Crippen LogP contribution >= 0.6 is 0 Å². The average Bonchev–Trinajstić information content (AvgIpc) is 2.57. The minimum absolute atomic E-state index is 0.647. The zero-order valence-corrected chi connectivity index (χ0v) is 12.9. The lowest BCUT2D eigenvalue weighted by Crippen LogP contribution is -2.27. The molecule has 22 heavy (non-hydrogen) atoms. The summed E-state index contributed by atoms with van der Waals surface area (Å²) < 4.78 is 5.76. The molecular formula is C18H22N2O2. The lowest BCUT2D eigenvalue weighted by Gasteiger charge is -2.20. The molecule has 0 aliphatic heterocycles. The van der Waals surface area contributed by atoms with E-state index in [1.54, 1.807) is 0 Å². The number of hydrogen-bond acceptors (Lipinski definition) is 4. The summed E-state index contributed by atoms with van der Waals surface area (Å²) in [6, 6.07) is 17.9. The van der Waals surface area contributed by atoms with Gasteiger partial charge in [0.1, 0.15) is 12.4 Å². The summed E-state index contributed by atoms with van der Waals surface area (Å²) in [6.07, 6.45) is 1.39. The van der Waals surface area contributed by atoms with Crippen molar-refractivity contribution in [3.05, 3.63) is 65.7 Å². The third kappa shape index (κ3) is 5.22. The van der Waals surface area contributed by atoms with Gasteiger partial charge in [-0.25, -0.2) is 0 Å². The van der Waals surface area contributed by atoms with Gasteiger partial charge in [0, 0.05) is 13.1 Å². The Bertz CT molecular complexity index is 567. The molecule has 0 amide bonds. The second-order valence-corrected chi connectivity index (χ2v) is 5.02. The highest BCUT2D eigenvalue weighted by molar-refractivity contribution is 5.79. The predicted octanol–water partition coefficient (Wildman–Crippen LogP) is 3.40. The van der Waals surface area contributed by atoms with Crippen LogP contribution in [0.4, 0.5) is 0 Å². The summed E-state index contributed by atoms with van der Waals surface area (Å²) >= 11 is 0. The molecule has 0 spiro atoms. The molecule has 0 heterocycles. The Labute approximate surface area is 131 Å². The molecule has 116 valence electrons. The van der Waals surface area contributed by atoms with Gasteiger partial charge in [-0.2, -0.15) is 0 Å². The molecule has 4 heteroatoms. The van der Waals surface area contributed by atoms with E-state index >= 15 is 0 Å². The molecule has 0 saturated heterocycles. The van der Waals surface area contributed by atoms with E-state index in [9.17, 15) is 0 Å². The minimum atomic E-state index is 0.647. The number of ether oxygens (including phenoxy) is 1. The van der Waals surface area contributed by atoms with Crippen LogP contribution in [0.3, 0.4) is 0 Å². The molecule has 0 fully saturated rings. The third-order valence-electron chi connectivity index (χ3n) is 3.46. The first-order valence-electron chi connectivity index (χ1n) is 7.48. The molecule has 4 nitrogen and oxygen atoms in total. The first-order chi connectivity index (χ1) is 10.8. The summed E-state index contributed by atoms with van der Waals surface area (Å²) in [7, 11) is 0. The Kier molecular flexibility index (Phi) is 6.45. The van der Waals surface area contributed by atoms with Crippen molar-refractivity contribution < 1.29 is 9.94 Å². The topological polar surface area (TPSA) is 45.1 Å². The van der Waals surface area contributed by atoms with Gasteiger partial charge in [-0.3, -0.25) is 4.90 Å². The Morgan fingerprint density at radius 3 is 2.45 bits per heavy atom. The zero-order chi connectivity index (χ0) is 15.6. The second-order valence-electron chi connectivity index (χ2n) is 5.02. The van der Waals surface area contributed by atoms with Crippen LogP contribution in [0.25, 0.3) is 0 Å².